The molecule has 5 nitrogen and oxygen atoms in total. The van der Waals surface area contributed by atoms with Crippen LogP contribution in [0.5, 0.6) is 0 Å². The molecular formula is C16H6BrN3O2. The van der Waals surface area contributed by atoms with Gasteiger partial charge in [-0.25, -0.2) is 4.98 Å². The van der Waals surface area contributed by atoms with Gasteiger partial charge < -0.3 is 0 Å². The summed E-state index contributed by atoms with van der Waals surface area (Å²) in [7, 11) is 0. The van der Waals surface area contributed by atoms with Gasteiger partial charge in [0.2, 0.25) is 5.78 Å². The number of fused-ring (bicyclic) bond motifs is 4. The van der Waals surface area contributed by atoms with Gasteiger partial charge in [-0.3, -0.25) is 14.2 Å². The molecule has 0 unspecified atom stereocenters. The molecule has 0 atom stereocenters. The van der Waals surface area contributed by atoms with Gasteiger partial charge >= 0.3 is 0 Å². The Morgan fingerprint density at radius 2 is 2.00 bits per heavy atom. The van der Waals surface area contributed by atoms with Crippen molar-refractivity contribution in [3.63, 3.8) is 0 Å². The van der Waals surface area contributed by atoms with E-state index in [1.807, 2.05) is 6.07 Å². The van der Waals surface area contributed by atoms with Crippen molar-refractivity contribution in [2.45, 2.75) is 0 Å². The minimum atomic E-state index is -0.346. The monoisotopic (exact) mass is 351 g/mol. The Kier molecular flexibility index (Phi) is 2.56. The average Bonchev–Trinajstić information content (AvgIpc) is 2.81. The molecule has 0 radical (unpaired) electrons. The highest BCUT2D eigenvalue weighted by Gasteiger charge is 2.30. The van der Waals surface area contributed by atoms with Gasteiger partial charge in [-0.2, -0.15) is 5.26 Å². The predicted molar refractivity (Wildman–Crippen MR) is 83.2 cm³/mol. The van der Waals surface area contributed by atoms with E-state index in [9.17, 15) is 9.59 Å². The molecule has 0 spiro atoms. The van der Waals surface area contributed by atoms with E-state index in [4.69, 9.17) is 5.26 Å². The maximum absolute atomic E-state index is 12.7. The number of carbonyl (C=O) groups excluding carboxylic acids is 1. The molecule has 0 amide bonds. The maximum Gasteiger partial charge on any atom is 0.266 e. The summed E-state index contributed by atoms with van der Waals surface area (Å²) < 4.78 is 1.97. The number of ketones is 1. The Balaban J connectivity index is 2.16. The fraction of sp³-hybridized carbons (Fsp3) is 0. The Bertz CT molecular complexity index is 1090. The molecule has 0 saturated heterocycles. The third kappa shape index (κ3) is 1.54. The van der Waals surface area contributed by atoms with E-state index in [-0.39, 0.29) is 17.2 Å². The molecule has 0 fully saturated rings. The first-order valence-electron chi connectivity index (χ1n) is 6.42. The Morgan fingerprint density at radius 3 is 2.77 bits per heavy atom. The molecule has 1 aliphatic heterocycles. The first-order valence-corrected chi connectivity index (χ1v) is 7.21. The normalized spacial score (nSPS) is 12.1. The molecule has 0 N–H and O–H groups in total. The largest absolute Gasteiger partial charge is 0.285 e. The number of nitrogens with zero attached hydrogens (tertiary/aromatic N) is 3. The van der Waals surface area contributed by atoms with Crippen LogP contribution in [0, 0.1) is 11.3 Å². The van der Waals surface area contributed by atoms with Crippen LogP contribution < -0.4 is 5.56 Å². The zero-order valence-electron chi connectivity index (χ0n) is 11.0. The molecule has 2 heterocycles. The van der Waals surface area contributed by atoms with Gasteiger partial charge in [-0.15, -0.1) is 0 Å². The summed E-state index contributed by atoms with van der Waals surface area (Å²) >= 11 is 3.35. The number of halogens is 1. The third-order valence-corrected chi connectivity index (χ3v) is 4.30. The van der Waals surface area contributed by atoms with Gasteiger partial charge in [0.1, 0.15) is 0 Å². The molecule has 0 bridgehead atoms. The summed E-state index contributed by atoms with van der Waals surface area (Å²) in [5.74, 6) is -0.267. The zero-order chi connectivity index (χ0) is 15.4. The van der Waals surface area contributed by atoms with Crippen LogP contribution >= 0.6 is 15.9 Å². The molecule has 22 heavy (non-hydrogen) atoms. The summed E-state index contributed by atoms with van der Waals surface area (Å²) in [6.45, 7) is 0. The molecule has 1 aromatic heterocycles. The van der Waals surface area contributed by atoms with E-state index in [0.29, 0.717) is 32.2 Å². The first kappa shape index (κ1) is 12.9. The lowest BCUT2D eigenvalue weighted by Gasteiger charge is -2.06. The molecule has 3 aromatic rings. The fourth-order valence-electron chi connectivity index (χ4n) is 2.65. The smallest absolute Gasteiger partial charge is 0.266 e. The average molecular weight is 352 g/mol. The summed E-state index contributed by atoms with van der Waals surface area (Å²) in [5.41, 5.74) is 1.34. The Morgan fingerprint density at radius 1 is 1.18 bits per heavy atom. The van der Waals surface area contributed by atoms with E-state index in [2.05, 4.69) is 20.9 Å². The van der Waals surface area contributed by atoms with Crippen LogP contribution in [0.2, 0.25) is 0 Å². The van der Waals surface area contributed by atoms with Crippen molar-refractivity contribution in [2.75, 3.05) is 0 Å². The molecule has 4 rings (SSSR count). The summed E-state index contributed by atoms with van der Waals surface area (Å²) in [4.78, 5) is 29.6. The lowest BCUT2D eigenvalue weighted by molar-refractivity contribution is 0.103. The molecule has 6 heteroatoms. The van der Waals surface area contributed by atoms with Crippen LogP contribution in [-0.2, 0) is 0 Å². The molecule has 2 aromatic carbocycles. The number of para-hydroxylation sites is 1. The van der Waals surface area contributed by atoms with Crippen LogP contribution in [0.4, 0.5) is 0 Å². The highest BCUT2D eigenvalue weighted by Crippen LogP contribution is 2.28. The number of rotatable bonds is 0. The van der Waals surface area contributed by atoms with Crippen molar-refractivity contribution in [2.24, 2.45) is 0 Å². The van der Waals surface area contributed by atoms with Crippen LogP contribution in [-0.4, -0.2) is 15.3 Å². The SMILES string of the molecule is N#Cc1ccc2c(c1)C(=O)c1nc3c(Br)cccc3c(=O)n1-2. The molecule has 0 aliphatic carbocycles. The molecule has 104 valence electrons. The highest BCUT2D eigenvalue weighted by atomic mass is 79.9. The quantitative estimate of drug-likeness (QED) is 0.487. The number of carbonyl (C=O) groups is 1. The van der Waals surface area contributed by atoms with Crippen molar-refractivity contribution in [3.8, 4) is 11.8 Å². The number of aromatic nitrogens is 2. The Hall–Kier alpha value is -2.78. The van der Waals surface area contributed by atoms with Gasteiger partial charge in [0.05, 0.1) is 33.8 Å². The summed E-state index contributed by atoms with van der Waals surface area (Å²) in [6, 6.07) is 11.9. The highest BCUT2D eigenvalue weighted by molar-refractivity contribution is 9.10. The minimum absolute atomic E-state index is 0.0782. The van der Waals surface area contributed by atoms with E-state index in [1.165, 1.54) is 10.6 Å². The summed E-state index contributed by atoms with van der Waals surface area (Å²) in [6.07, 6.45) is 0. The number of hydrogen-bond donors (Lipinski definition) is 0. The van der Waals surface area contributed by atoms with Crippen molar-refractivity contribution >= 4 is 32.6 Å². The van der Waals surface area contributed by atoms with Gasteiger partial charge in [0.15, 0.2) is 5.82 Å². The van der Waals surface area contributed by atoms with Crippen molar-refractivity contribution < 1.29 is 4.79 Å². The van der Waals surface area contributed by atoms with Crippen molar-refractivity contribution in [1.82, 2.24) is 9.55 Å². The van der Waals surface area contributed by atoms with Crippen LogP contribution in [0.3, 0.4) is 0 Å². The standard InChI is InChI=1S/C16H6BrN3O2/c17-11-3-1-2-9-13(11)19-15-14(21)10-6-8(7-18)4-5-12(10)20(15)16(9)22/h1-6H. The topological polar surface area (TPSA) is 75.8 Å². The summed E-state index contributed by atoms with van der Waals surface area (Å²) in [5, 5.41) is 9.40. The fourth-order valence-corrected chi connectivity index (χ4v) is 3.11. The first-order chi connectivity index (χ1) is 10.6. The van der Waals surface area contributed by atoms with Gasteiger partial charge in [0, 0.05) is 4.47 Å². The Labute approximate surface area is 132 Å². The van der Waals surface area contributed by atoms with Crippen molar-refractivity contribution in [1.29, 1.82) is 5.26 Å². The molecular weight excluding hydrogens is 346 g/mol. The van der Waals surface area contributed by atoms with Crippen LogP contribution in [0.1, 0.15) is 21.7 Å². The number of benzene rings is 2. The minimum Gasteiger partial charge on any atom is -0.285 e. The number of nitriles is 1. The van der Waals surface area contributed by atoms with Crippen LogP contribution in [0.25, 0.3) is 16.6 Å². The third-order valence-electron chi connectivity index (χ3n) is 3.66. The predicted octanol–water partition coefficient (Wildman–Crippen LogP) is 2.56. The number of hydrogen-bond acceptors (Lipinski definition) is 4. The second-order valence-corrected chi connectivity index (χ2v) is 5.74. The van der Waals surface area contributed by atoms with Gasteiger partial charge in [-0.05, 0) is 46.3 Å². The van der Waals surface area contributed by atoms with E-state index >= 15 is 0 Å². The van der Waals surface area contributed by atoms with Gasteiger partial charge in [-0.1, -0.05) is 6.07 Å². The maximum atomic E-state index is 12.7. The zero-order valence-corrected chi connectivity index (χ0v) is 12.6. The van der Waals surface area contributed by atoms with E-state index < -0.39 is 0 Å². The lowest BCUT2D eigenvalue weighted by atomic mass is 10.1. The van der Waals surface area contributed by atoms with Gasteiger partial charge in [0.25, 0.3) is 5.56 Å². The van der Waals surface area contributed by atoms with Crippen molar-refractivity contribution in [3.05, 3.63) is 68.2 Å². The van der Waals surface area contributed by atoms with Crippen LogP contribution in [0.15, 0.2) is 45.7 Å². The second-order valence-electron chi connectivity index (χ2n) is 4.88. The molecule has 1 aliphatic rings. The van der Waals surface area contributed by atoms with E-state index in [1.54, 1.807) is 30.3 Å². The second kappa shape index (κ2) is 4.36. The lowest BCUT2D eigenvalue weighted by Crippen LogP contribution is -2.21. The van der Waals surface area contributed by atoms with E-state index in [0.717, 1.165) is 0 Å². The molecule has 0 saturated carbocycles.